The minimum atomic E-state index is 0.0278. The summed E-state index contributed by atoms with van der Waals surface area (Å²) < 4.78 is 5.20. The summed E-state index contributed by atoms with van der Waals surface area (Å²) in [6.45, 7) is 3.04. The molecule has 1 aromatic rings. The third kappa shape index (κ3) is 3.38. The van der Waals surface area contributed by atoms with Crippen LogP contribution in [-0.4, -0.2) is 36.5 Å². The van der Waals surface area contributed by atoms with E-state index in [4.69, 9.17) is 4.74 Å². The molecule has 21 heavy (non-hydrogen) atoms. The first kappa shape index (κ1) is 14.4. The summed E-state index contributed by atoms with van der Waals surface area (Å²) in [5, 5.41) is 3.27. The lowest BCUT2D eigenvalue weighted by molar-refractivity contribution is -0.126. The molecule has 1 N–H and O–H groups in total. The lowest BCUT2D eigenvalue weighted by atomic mass is 9.81. The first-order valence-electron chi connectivity index (χ1n) is 7.85. The number of amides is 1. The fourth-order valence-corrected chi connectivity index (χ4v) is 3.67. The van der Waals surface area contributed by atoms with Crippen molar-refractivity contribution in [1.82, 2.24) is 10.2 Å². The highest BCUT2D eigenvalue weighted by Crippen LogP contribution is 2.30. The van der Waals surface area contributed by atoms with Gasteiger partial charge in [0.2, 0.25) is 5.91 Å². The Kier molecular flexibility index (Phi) is 4.15. The van der Waals surface area contributed by atoms with E-state index in [1.165, 1.54) is 5.56 Å². The number of nitrogens with one attached hydrogen (secondary N) is 1. The van der Waals surface area contributed by atoms with Crippen LogP contribution in [0.15, 0.2) is 24.3 Å². The molecule has 2 aliphatic rings. The van der Waals surface area contributed by atoms with Crippen molar-refractivity contribution in [3.05, 3.63) is 29.8 Å². The molecule has 2 aliphatic heterocycles. The molecule has 1 aromatic carbocycles. The lowest BCUT2D eigenvalue weighted by Gasteiger charge is -2.45. The lowest BCUT2D eigenvalue weighted by Crippen LogP contribution is -2.60. The first-order chi connectivity index (χ1) is 10.2. The second-order valence-corrected chi connectivity index (χ2v) is 6.34. The highest BCUT2D eigenvalue weighted by molar-refractivity contribution is 5.77. The number of piperidine rings is 2. The minimum absolute atomic E-state index is 0.0278. The van der Waals surface area contributed by atoms with Crippen molar-refractivity contribution in [3.8, 4) is 5.75 Å². The van der Waals surface area contributed by atoms with Crippen LogP contribution in [0.5, 0.6) is 5.75 Å². The fraction of sp³-hybridized carbons (Fsp3) is 0.588. The third-order valence-corrected chi connectivity index (χ3v) is 4.68. The van der Waals surface area contributed by atoms with E-state index in [2.05, 4.69) is 22.3 Å². The van der Waals surface area contributed by atoms with E-state index in [9.17, 15) is 4.79 Å². The summed E-state index contributed by atoms with van der Waals surface area (Å²) in [5.74, 6) is 1.13. The van der Waals surface area contributed by atoms with Gasteiger partial charge in [0.1, 0.15) is 5.75 Å². The second kappa shape index (κ2) is 6.06. The molecule has 3 rings (SSSR count). The molecule has 0 bridgehead atoms. The number of hydrogen-bond acceptors (Lipinski definition) is 3. The van der Waals surface area contributed by atoms with Gasteiger partial charge in [-0.2, -0.15) is 0 Å². The molecule has 0 saturated carbocycles. The van der Waals surface area contributed by atoms with Gasteiger partial charge < -0.3 is 10.1 Å². The number of hydrogen-bond donors (Lipinski definition) is 1. The zero-order valence-corrected chi connectivity index (χ0v) is 12.7. The van der Waals surface area contributed by atoms with Crippen LogP contribution >= 0.6 is 0 Å². The van der Waals surface area contributed by atoms with Crippen LogP contribution in [0.2, 0.25) is 0 Å². The number of carbonyl (C=O) groups is 1. The maximum atomic E-state index is 11.7. The molecule has 1 atom stereocenters. The molecule has 2 saturated heterocycles. The Bertz CT molecular complexity index is 496. The van der Waals surface area contributed by atoms with Crippen LogP contribution in [0.4, 0.5) is 0 Å². The summed E-state index contributed by atoms with van der Waals surface area (Å²) >= 11 is 0. The van der Waals surface area contributed by atoms with Crippen molar-refractivity contribution in [1.29, 1.82) is 0 Å². The van der Waals surface area contributed by atoms with Crippen LogP contribution < -0.4 is 10.1 Å². The van der Waals surface area contributed by atoms with E-state index >= 15 is 0 Å². The Morgan fingerprint density at radius 1 is 1.24 bits per heavy atom. The van der Waals surface area contributed by atoms with Gasteiger partial charge >= 0.3 is 0 Å². The predicted octanol–water partition coefficient (Wildman–Crippen LogP) is 2.33. The molecule has 1 unspecified atom stereocenters. The number of nitrogens with zero attached hydrogens (tertiary/aromatic N) is 1. The van der Waals surface area contributed by atoms with Crippen molar-refractivity contribution in [3.63, 3.8) is 0 Å². The molecule has 4 nitrogen and oxygen atoms in total. The zero-order chi connectivity index (χ0) is 14.7. The van der Waals surface area contributed by atoms with E-state index in [1.807, 2.05) is 12.1 Å². The molecule has 1 amide bonds. The molecular formula is C17H24N2O2. The molecule has 1 spiro atoms. The summed E-state index contributed by atoms with van der Waals surface area (Å²) in [5.41, 5.74) is 1.33. The van der Waals surface area contributed by atoms with E-state index in [0.717, 1.165) is 51.1 Å². The highest BCUT2D eigenvalue weighted by Gasteiger charge is 2.38. The van der Waals surface area contributed by atoms with Gasteiger partial charge in [-0.05, 0) is 49.9 Å². The van der Waals surface area contributed by atoms with Gasteiger partial charge in [-0.15, -0.1) is 0 Å². The van der Waals surface area contributed by atoms with Crippen LogP contribution in [0, 0.1) is 0 Å². The SMILES string of the molecule is COc1ccc(CN2CCCC3(CCCC(=O)N3)C2)cc1. The largest absolute Gasteiger partial charge is 0.497 e. The van der Waals surface area contributed by atoms with Crippen LogP contribution in [0.1, 0.15) is 37.7 Å². The van der Waals surface area contributed by atoms with Crippen molar-refractivity contribution in [2.24, 2.45) is 0 Å². The topological polar surface area (TPSA) is 41.6 Å². The Hall–Kier alpha value is -1.55. The quantitative estimate of drug-likeness (QED) is 0.928. The van der Waals surface area contributed by atoms with Gasteiger partial charge in [0.05, 0.1) is 12.6 Å². The van der Waals surface area contributed by atoms with Crippen LogP contribution in [0.25, 0.3) is 0 Å². The van der Waals surface area contributed by atoms with E-state index < -0.39 is 0 Å². The fourth-order valence-electron chi connectivity index (χ4n) is 3.67. The van der Waals surface area contributed by atoms with Crippen LogP contribution in [-0.2, 0) is 11.3 Å². The van der Waals surface area contributed by atoms with Crippen molar-refractivity contribution in [2.45, 2.75) is 44.2 Å². The van der Waals surface area contributed by atoms with Gasteiger partial charge in [0, 0.05) is 19.5 Å². The maximum absolute atomic E-state index is 11.7. The number of carbonyl (C=O) groups excluding carboxylic acids is 1. The van der Waals surface area contributed by atoms with E-state index in [1.54, 1.807) is 7.11 Å². The van der Waals surface area contributed by atoms with Gasteiger partial charge in [-0.3, -0.25) is 9.69 Å². The molecule has 0 aromatic heterocycles. The molecule has 114 valence electrons. The van der Waals surface area contributed by atoms with Gasteiger partial charge in [-0.25, -0.2) is 0 Å². The van der Waals surface area contributed by atoms with Gasteiger partial charge in [0.25, 0.3) is 0 Å². The number of methoxy groups -OCH3 is 1. The van der Waals surface area contributed by atoms with Gasteiger partial charge in [-0.1, -0.05) is 12.1 Å². The van der Waals surface area contributed by atoms with Crippen molar-refractivity contribution in [2.75, 3.05) is 20.2 Å². The summed E-state index contributed by atoms with van der Waals surface area (Å²) in [6.07, 6.45) is 5.13. The Morgan fingerprint density at radius 3 is 2.71 bits per heavy atom. The molecular weight excluding hydrogens is 264 g/mol. The Morgan fingerprint density at radius 2 is 2.00 bits per heavy atom. The number of likely N-dealkylation sites (tertiary alicyclic amines) is 1. The molecule has 0 aliphatic carbocycles. The summed E-state index contributed by atoms with van der Waals surface area (Å²) in [6, 6.07) is 8.27. The predicted molar refractivity (Wildman–Crippen MR) is 82.2 cm³/mol. The average molecular weight is 288 g/mol. The Balaban J connectivity index is 1.64. The average Bonchev–Trinajstić information content (AvgIpc) is 2.48. The van der Waals surface area contributed by atoms with E-state index in [-0.39, 0.29) is 11.4 Å². The van der Waals surface area contributed by atoms with Crippen molar-refractivity contribution < 1.29 is 9.53 Å². The third-order valence-electron chi connectivity index (χ3n) is 4.68. The number of rotatable bonds is 3. The van der Waals surface area contributed by atoms with Crippen LogP contribution in [0.3, 0.4) is 0 Å². The molecule has 2 heterocycles. The van der Waals surface area contributed by atoms with Crippen molar-refractivity contribution >= 4 is 5.91 Å². The highest BCUT2D eigenvalue weighted by atomic mass is 16.5. The number of ether oxygens (including phenoxy) is 1. The van der Waals surface area contributed by atoms with Gasteiger partial charge in [0.15, 0.2) is 0 Å². The summed E-state index contributed by atoms with van der Waals surface area (Å²) in [4.78, 5) is 14.2. The molecule has 0 radical (unpaired) electrons. The normalized spacial score (nSPS) is 26.6. The molecule has 2 fully saturated rings. The maximum Gasteiger partial charge on any atom is 0.220 e. The van der Waals surface area contributed by atoms with E-state index in [0.29, 0.717) is 6.42 Å². The molecule has 4 heteroatoms. The second-order valence-electron chi connectivity index (χ2n) is 6.34. The number of benzene rings is 1. The Labute approximate surface area is 126 Å². The smallest absolute Gasteiger partial charge is 0.220 e. The standard InChI is InChI=1S/C17H24N2O2/c1-21-15-7-5-14(6-8-15)12-19-11-3-10-17(13-19)9-2-4-16(20)18-17/h5-8H,2-4,9-13H2,1H3,(H,18,20). The zero-order valence-electron chi connectivity index (χ0n) is 12.7. The minimum Gasteiger partial charge on any atom is -0.497 e. The summed E-state index contributed by atoms with van der Waals surface area (Å²) in [7, 11) is 1.69. The first-order valence-corrected chi connectivity index (χ1v) is 7.85. The monoisotopic (exact) mass is 288 g/mol.